The summed E-state index contributed by atoms with van der Waals surface area (Å²) in [7, 11) is 0. The van der Waals surface area contributed by atoms with Crippen molar-refractivity contribution < 1.29 is 22.5 Å². The summed E-state index contributed by atoms with van der Waals surface area (Å²) in [5.41, 5.74) is 5.86. The Kier molecular flexibility index (Phi) is 6.32. The highest BCUT2D eigenvalue weighted by Crippen LogP contribution is 2.41. The summed E-state index contributed by atoms with van der Waals surface area (Å²) < 4.78 is 47.0. The molecule has 3 heterocycles. The van der Waals surface area contributed by atoms with Crippen LogP contribution in [0.15, 0.2) is 47.4 Å². The number of nitrogen functional groups attached to an aromatic ring is 1. The highest BCUT2D eigenvalue weighted by Gasteiger charge is 2.51. The third-order valence-corrected chi connectivity index (χ3v) is 6.90. The maximum atomic E-state index is 13.3. The topological polar surface area (TPSA) is 112 Å². The maximum absolute atomic E-state index is 13.3. The van der Waals surface area contributed by atoms with Crippen LogP contribution in [0.25, 0.3) is 22.2 Å². The van der Waals surface area contributed by atoms with E-state index in [9.17, 15) is 18.0 Å². The first-order valence-corrected chi connectivity index (χ1v) is 12.0. The van der Waals surface area contributed by atoms with E-state index >= 15 is 0 Å². The van der Waals surface area contributed by atoms with Gasteiger partial charge in [-0.2, -0.15) is 13.2 Å². The average Bonchev–Trinajstić information content (AvgIpc) is 3.44. The summed E-state index contributed by atoms with van der Waals surface area (Å²) in [6.07, 6.45) is -1.10. The number of carbonyl (C=O) groups is 1. The Morgan fingerprint density at radius 3 is 2.21 bits per heavy atom. The van der Waals surface area contributed by atoms with E-state index in [1.54, 1.807) is 13.8 Å². The molecule has 0 bridgehead atoms. The van der Waals surface area contributed by atoms with Crippen LogP contribution >= 0.6 is 0 Å². The van der Waals surface area contributed by atoms with E-state index in [1.807, 2.05) is 35.0 Å². The van der Waals surface area contributed by atoms with E-state index in [2.05, 4.69) is 41.2 Å². The normalized spacial score (nSPS) is 13.2. The molecular weight excluding hydrogens is 497 g/mol. The second-order valence-electron chi connectivity index (χ2n) is 11.4. The average molecular weight is 529 g/mol. The second-order valence-corrected chi connectivity index (χ2v) is 11.4. The number of nitrogens with zero attached hydrogens (tertiary/aromatic N) is 4. The zero-order chi connectivity index (χ0) is 28.3. The number of anilines is 2. The quantitative estimate of drug-likeness (QED) is 0.320. The predicted molar refractivity (Wildman–Crippen MR) is 140 cm³/mol. The van der Waals surface area contributed by atoms with Crippen molar-refractivity contribution in [2.24, 2.45) is 0 Å². The van der Waals surface area contributed by atoms with E-state index < -0.39 is 22.9 Å². The number of hydrogen-bond acceptors (Lipinski definition) is 6. The van der Waals surface area contributed by atoms with E-state index in [1.165, 1.54) is 6.33 Å². The predicted octanol–water partition coefficient (Wildman–Crippen LogP) is 6.18. The van der Waals surface area contributed by atoms with Gasteiger partial charge in [0.1, 0.15) is 23.2 Å². The van der Waals surface area contributed by atoms with Crippen molar-refractivity contribution in [2.45, 2.75) is 71.0 Å². The largest absolute Gasteiger partial charge is 0.401 e. The number of nitrogens with one attached hydrogen (secondary N) is 1. The highest BCUT2D eigenvalue weighted by molar-refractivity contribution is 6.01. The number of amides is 1. The monoisotopic (exact) mass is 528 g/mol. The van der Waals surface area contributed by atoms with Crippen LogP contribution in [-0.2, 0) is 21.2 Å². The van der Waals surface area contributed by atoms with Crippen LogP contribution in [0, 0.1) is 0 Å². The van der Waals surface area contributed by atoms with Gasteiger partial charge in [-0.1, -0.05) is 29.4 Å². The fraction of sp³-hybridized carbons (Fsp3) is 0.407. The van der Waals surface area contributed by atoms with Gasteiger partial charge in [0.05, 0.1) is 10.8 Å². The fourth-order valence-electron chi connectivity index (χ4n) is 4.05. The lowest BCUT2D eigenvalue weighted by Crippen LogP contribution is -2.36. The van der Waals surface area contributed by atoms with Gasteiger partial charge in [-0.3, -0.25) is 4.79 Å². The molecule has 0 spiro atoms. The van der Waals surface area contributed by atoms with Crippen molar-refractivity contribution in [1.82, 2.24) is 19.7 Å². The van der Waals surface area contributed by atoms with Crippen LogP contribution in [0.2, 0.25) is 0 Å². The number of alkyl halides is 3. The lowest BCUT2D eigenvalue weighted by atomic mass is 9.83. The van der Waals surface area contributed by atoms with Crippen LogP contribution in [0.4, 0.5) is 24.8 Å². The zero-order valence-electron chi connectivity index (χ0n) is 22.4. The minimum absolute atomic E-state index is 0.0857. The number of hydrogen-bond donors (Lipinski definition) is 2. The van der Waals surface area contributed by atoms with Gasteiger partial charge < -0.3 is 20.1 Å². The van der Waals surface area contributed by atoms with Crippen molar-refractivity contribution in [3.05, 3.63) is 54.2 Å². The van der Waals surface area contributed by atoms with Crippen molar-refractivity contribution >= 4 is 28.6 Å². The first kappa shape index (κ1) is 27.2. The SMILES string of the molecule is CC(C)(C(=O)Nc1cc(C(C)(C)C(F)(F)F)on1)c1ccc(-c2cn(C(C)(C)C)c3ncnc(N)c23)cc1. The molecule has 202 valence electrons. The first-order valence-electron chi connectivity index (χ1n) is 12.0. The molecule has 38 heavy (non-hydrogen) atoms. The minimum Gasteiger partial charge on any atom is -0.383 e. The second kappa shape index (κ2) is 8.85. The molecular formula is C27H31F3N6O2. The summed E-state index contributed by atoms with van der Waals surface area (Å²) in [5, 5.41) is 6.94. The highest BCUT2D eigenvalue weighted by atomic mass is 19.4. The van der Waals surface area contributed by atoms with Crippen molar-refractivity contribution in [3.8, 4) is 11.1 Å². The fourth-order valence-corrected chi connectivity index (χ4v) is 4.05. The number of aromatic nitrogens is 4. The lowest BCUT2D eigenvalue weighted by Gasteiger charge is -2.24. The molecule has 1 aromatic carbocycles. The van der Waals surface area contributed by atoms with Crippen LogP contribution in [0.3, 0.4) is 0 Å². The van der Waals surface area contributed by atoms with E-state index in [-0.39, 0.29) is 17.1 Å². The Morgan fingerprint density at radius 1 is 1.00 bits per heavy atom. The number of carbonyl (C=O) groups excluding carboxylic acids is 1. The van der Waals surface area contributed by atoms with Gasteiger partial charge in [0.25, 0.3) is 0 Å². The zero-order valence-corrected chi connectivity index (χ0v) is 22.4. The van der Waals surface area contributed by atoms with Gasteiger partial charge in [0.15, 0.2) is 11.6 Å². The van der Waals surface area contributed by atoms with Gasteiger partial charge in [-0.05, 0) is 59.6 Å². The molecule has 0 saturated heterocycles. The molecule has 0 aliphatic rings. The molecule has 1 amide bonds. The van der Waals surface area contributed by atoms with Crippen LogP contribution < -0.4 is 11.1 Å². The molecule has 0 unspecified atom stereocenters. The third-order valence-electron chi connectivity index (χ3n) is 6.90. The van der Waals surface area contributed by atoms with Crippen LogP contribution in [0.1, 0.15) is 59.8 Å². The molecule has 3 N–H and O–H groups in total. The number of nitrogens with two attached hydrogens (primary N) is 1. The maximum Gasteiger partial charge on any atom is 0.401 e. The Labute approximate surface area is 218 Å². The van der Waals surface area contributed by atoms with E-state index in [0.717, 1.165) is 42.1 Å². The molecule has 4 aromatic rings. The summed E-state index contributed by atoms with van der Waals surface area (Å²) in [5.74, 6) is -0.549. The number of rotatable bonds is 5. The Morgan fingerprint density at radius 2 is 1.63 bits per heavy atom. The van der Waals surface area contributed by atoms with Crippen molar-refractivity contribution in [2.75, 3.05) is 11.1 Å². The van der Waals surface area contributed by atoms with Gasteiger partial charge in [-0.25, -0.2) is 9.97 Å². The summed E-state index contributed by atoms with van der Waals surface area (Å²) in [6.45, 7) is 11.6. The molecule has 0 aliphatic carbocycles. The first-order chi connectivity index (χ1) is 17.4. The molecule has 8 nitrogen and oxygen atoms in total. The molecule has 3 aromatic heterocycles. The Bertz CT molecular complexity index is 1490. The Balaban J connectivity index is 1.61. The molecule has 0 aliphatic heterocycles. The number of halogens is 3. The smallest absolute Gasteiger partial charge is 0.383 e. The molecule has 0 atom stereocenters. The summed E-state index contributed by atoms with van der Waals surface area (Å²) in [4.78, 5) is 21.7. The summed E-state index contributed by atoms with van der Waals surface area (Å²) in [6, 6.07) is 8.53. The molecule has 0 radical (unpaired) electrons. The van der Waals surface area contributed by atoms with Gasteiger partial charge in [0.2, 0.25) is 5.91 Å². The molecule has 0 fully saturated rings. The molecule has 4 rings (SSSR count). The van der Waals surface area contributed by atoms with Crippen molar-refractivity contribution in [3.63, 3.8) is 0 Å². The van der Waals surface area contributed by atoms with Gasteiger partial charge >= 0.3 is 6.18 Å². The number of benzene rings is 1. The summed E-state index contributed by atoms with van der Waals surface area (Å²) >= 11 is 0. The van der Waals surface area contributed by atoms with Crippen molar-refractivity contribution in [1.29, 1.82) is 0 Å². The van der Waals surface area contributed by atoms with Crippen LogP contribution in [0.5, 0.6) is 0 Å². The molecule has 11 heteroatoms. The standard InChI is InChI=1S/C27H31F3N6O2/c1-24(2,3)36-13-17(20-21(31)32-14-33-22(20)36)15-8-10-16(11-9-15)25(4,5)23(37)34-19-12-18(38-35-19)26(6,7)27(28,29)30/h8-14H,1-7H3,(H2,31,32,33)(H,34,35,37). The van der Waals surface area contributed by atoms with E-state index in [4.69, 9.17) is 10.3 Å². The van der Waals surface area contributed by atoms with Gasteiger partial charge in [0, 0.05) is 23.4 Å². The van der Waals surface area contributed by atoms with E-state index in [0.29, 0.717) is 11.4 Å². The van der Waals surface area contributed by atoms with Gasteiger partial charge in [-0.15, -0.1) is 0 Å². The van der Waals surface area contributed by atoms with Crippen LogP contribution in [-0.4, -0.2) is 31.8 Å². The third kappa shape index (κ3) is 4.61. The minimum atomic E-state index is -4.54. The lowest BCUT2D eigenvalue weighted by molar-refractivity contribution is -0.185. The Hall–Kier alpha value is -3.89. The molecule has 0 saturated carbocycles. The number of fused-ring (bicyclic) bond motifs is 1.